The first-order valence-corrected chi connectivity index (χ1v) is 6.47. The molecule has 0 bridgehead atoms. The van der Waals surface area contributed by atoms with Gasteiger partial charge in [0.1, 0.15) is 0 Å². The van der Waals surface area contributed by atoms with E-state index in [0.717, 1.165) is 17.8 Å². The van der Waals surface area contributed by atoms with Crippen LogP contribution in [0.4, 0.5) is 0 Å². The molecule has 2 N–H and O–H groups in total. The maximum Gasteiger partial charge on any atom is 0.00443 e. The van der Waals surface area contributed by atoms with Crippen molar-refractivity contribution in [2.75, 3.05) is 0 Å². The summed E-state index contributed by atoms with van der Waals surface area (Å²) in [6, 6.07) is 0.510. The number of nitrogens with two attached hydrogens (primary N) is 1. The minimum atomic E-state index is 0.510. The van der Waals surface area contributed by atoms with Gasteiger partial charge in [0.05, 0.1) is 0 Å². The van der Waals surface area contributed by atoms with Gasteiger partial charge in [0, 0.05) is 6.04 Å². The van der Waals surface area contributed by atoms with Crippen molar-refractivity contribution in [3.8, 4) is 0 Å². The minimum Gasteiger partial charge on any atom is -0.328 e. The highest BCUT2D eigenvalue weighted by molar-refractivity contribution is 5.13. The largest absolute Gasteiger partial charge is 0.328 e. The summed E-state index contributed by atoms with van der Waals surface area (Å²) in [6.07, 6.45) is 10.0. The van der Waals surface area contributed by atoms with E-state index in [-0.39, 0.29) is 0 Å². The first kappa shape index (κ1) is 9.21. The summed E-state index contributed by atoms with van der Waals surface area (Å²) in [6.45, 7) is 2.52. The van der Waals surface area contributed by atoms with Crippen LogP contribution in [0.25, 0.3) is 0 Å². The van der Waals surface area contributed by atoms with E-state index in [0.29, 0.717) is 11.5 Å². The third kappa shape index (κ3) is 1.18. The summed E-state index contributed by atoms with van der Waals surface area (Å²) in [4.78, 5) is 0. The van der Waals surface area contributed by atoms with E-state index in [1.807, 2.05) is 0 Å². The Labute approximate surface area is 87.4 Å². The molecule has 0 aliphatic heterocycles. The van der Waals surface area contributed by atoms with Gasteiger partial charge in [0.15, 0.2) is 0 Å². The molecule has 0 amide bonds. The van der Waals surface area contributed by atoms with E-state index >= 15 is 0 Å². The lowest BCUT2D eigenvalue weighted by Gasteiger charge is -2.16. The fourth-order valence-electron chi connectivity index (χ4n) is 4.73. The molecule has 1 heteroatoms. The highest BCUT2D eigenvalue weighted by atomic mass is 14.7. The first-order valence-electron chi connectivity index (χ1n) is 6.47. The highest BCUT2D eigenvalue weighted by Gasteiger charge is 2.64. The third-order valence-corrected chi connectivity index (χ3v) is 5.39. The molecule has 0 heterocycles. The minimum absolute atomic E-state index is 0.510. The molecular weight excluding hydrogens is 170 g/mol. The van der Waals surface area contributed by atoms with E-state index in [4.69, 9.17) is 5.73 Å². The molecule has 3 saturated carbocycles. The summed E-state index contributed by atoms with van der Waals surface area (Å²) in [5.41, 5.74) is 6.86. The zero-order valence-corrected chi connectivity index (χ0v) is 9.34. The molecule has 5 atom stereocenters. The Bertz CT molecular complexity index is 237. The molecule has 0 radical (unpaired) electrons. The summed E-state index contributed by atoms with van der Waals surface area (Å²) in [5.74, 6) is 3.17. The quantitative estimate of drug-likeness (QED) is 0.629. The molecule has 80 valence electrons. The van der Waals surface area contributed by atoms with E-state index in [1.54, 1.807) is 0 Å². The molecule has 3 aliphatic rings. The molecule has 0 saturated heterocycles. The lowest BCUT2D eigenvalue weighted by atomic mass is 9.90. The second kappa shape index (κ2) is 2.98. The zero-order chi connectivity index (χ0) is 9.76. The van der Waals surface area contributed by atoms with Crippen LogP contribution in [0.5, 0.6) is 0 Å². The van der Waals surface area contributed by atoms with Gasteiger partial charge in [-0.05, 0) is 48.9 Å². The number of hydrogen-bond acceptors (Lipinski definition) is 1. The second-order valence-corrected chi connectivity index (χ2v) is 6.22. The Morgan fingerprint density at radius 3 is 2.71 bits per heavy atom. The number of fused-ring (bicyclic) bond motifs is 1. The molecule has 0 aromatic heterocycles. The molecule has 3 rings (SSSR count). The fraction of sp³-hybridized carbons (Fsp3) is 1.00. The van der Waals surface area contributed by atoms with Crippen LogP contribution in [0.15, 0.2) is 0 Å². The van der Waals surface area contributed by atoms with Crippen molar-refractivity contribution in [1.82, 2.24) is 0 Å². The van der Waals surface area contributed by atoms with Crippen molar-refractivity contribution in [3.05, 3.63) is 0 Å². The van der Waals surface area contributed by atoms with Gasteiger partial charge in [-0.25, -0.2) is 0 Å². The maximum absolute atomic E-state index is 6.19. The highest BCUT2D eigenvalue weighted by Crippen LogP contribution is 2.70. The van der Waals surface area contributed by atoms with E-state index in [1.165, 1.54) is 44.9 Å². The predicted molar refractivity (Wildman–Crippen MR) is 58.9 cm³/mol. The average molecular weight is 193 g/mol. The van der Waals surface area contributed by atoms with E-state index in [9.17, 15) is 0 Å². The number of hydrogen-bond donors (Lipinski definition) is 1. The Balaban J connectivity index is 1.85. The standard InChI is InChI=1S/C13H23N/c1-13-8-10(14)7-6-9-4-2-3-5-11(13)12(9)13/h9-12H,2-8,14H2,1H3. The van der Waals surface area contributed by atoms with Crippen LogP contribution in [0.1, 0.15) is 51.9 Å². The monoisotopic (exact) mass is 193 g/mol. The molecule has 1 nitrogen and oxygen atoms in total. The van der Waals surface area contributed by atoms with Crippen LogP contribution >= 0.6 is 0 Å². The molecule has 0 spiro atoms. The Hall–Kier alpha value is -0.0400. The van der Waals surface area contributed by atoms with Crippen LogP contribution in [0.2, 0.25) is 0 Å². The summed E-state index contributed by atoms with van der Waals surface area (Å²) < 4.78 is 0. The van der Waals surface area contributed by atoms with Crippen molar-refractivity contribution in [2.45, 2.75) is 57.9 Å². The number of rotatable bonds is 0. The molecule has 5 unspecified atom stereocenters. The van der Waals surface area contributed by atoms with Gasteiger partial charge in [0.25, 0.3) is 0 Å². The topological polar surface area (TPSA) is 26.0 Å². The SMILES string of the molecule is CC12CC(N)CCC3CCCCC1C32. The smallest absolute Gasteiger partial charge is 0.00443 e. The van der Waals surface area contributed by atoms with Gasteiger partial charge >= 0.3 is 0 Å². The van der Waals surface area contributed by atoms with Gasteiger partial charge < -0.3 is 5.73 Å². The van der Waals surface area contributed by atoms with E-state index in [2.05, 4.69) is 6.92 Å². The maximum atomic E-state index is 6.19. The van der Waals surface area contributed by atoms with E-state index < -0.39 is 0 Å². The van der Waals surface area contributed by atoms with Crippen LogP contribution in [0.3, 0.4) is 0 Å². The van der Waals surface area contributed by atoms with Gasteiger partial charge in [-0.15, -0.1) is 0 Å². The van der Waals surface area contributed by atoms with Crippen LogP contribution in [-0.2, 0) is 0 Å². The molecule has 3 aliphatic carbocycles. The van der Waals surface area contributed by atoms with Gasteiger partial charge in [-0.2, -0.15) is 0 Å². The van der Waals surface area contributed by atoms with Crippen molar-refractivity contribution in [3.63, 3.8) is 0 Å². The second-order valence-electron chi connectivity index (χ2n) is 6.22. The summed E-state index contributed by atoms with van der Waals surface area (Å²) >= 11 is 0. The Morgan fingerprint density at radius 1 is 1.07 bits per heavy atom. The molecule has 0 aromatic carbocycles. The molecule has 14 heavy (non-hydrogen) atoms. The lowest BCUT2D eigenvalue weighted by molar-refractivity contribution is 0.350. The summed E-state index contributed by atoms with van der Waals surface area (Å²) in [5, 5.41) is 0. The van der Waals surface area contributed by atoms with Crippen molar-refractivity contribution < 1.29 is 0 Å². The lowest BCUT2D eigenvalue weighted by Crippen LogP contribution is -2.23. The Morgan fingerprint density at radius 2 is 1.86 bits per heavy atom. The van der Waals surface area contributed by atoms with Crippen molar-refractivity contribution >= 4 is 0 Å². The molecular formula is C13H23N. The average Bonchev–Trinajstić information content (AvgIpc) is 2.78. The van der Waals surface area contributed by atoms with Crippen LogP contribution < -0.4 is 5.73 Å². The van der Waals surface area contributed by atoms with Gasteiger partial charge in [-0.1, -0.05) is 26.2 Å². The molecule has 3 fully saturated rings. The van der Waals surface area contributed by atoms with Gasteiger partial charge in [-0.3, -0.25) is 0 Å². The zero-order valence-electron chi connectivity index (χ0n) is 9.34. The Kier molecular flexibility index (Phi) is 1.96. The molecule has 0 aromatic rings. The first-order chi connectivity index (χ1) is 6.72. The van der Waals surface area contributed by atoms with Crippen molar-refractivity contribution in [1.29, 1.82) is 0 Å². The van der Waals surface area contributed by atoms with Crippen LogP contribution in [0, 0.1) is 23.2 Å². The fourth-order valence-corrected chi connectivity index (χ4v) is 4.73. The predicted octanol–water partition coefficient (Wildman–Crippen LogP) is 2.94. The third-order valence-electron chi connectivity index (χ3n) is 5.39. The summed E-state index contributed by atoms with van der Waals surface area (Å²) in [7, 11) is 0. The van der Waals surface area contributed by atoms with Crippen LogP contribution in [-0.4, -0.2) is 6.04 Å². The van der Waals surface area contributed by atoms with Crippen molar-refractivity contribution in [2.24, 2.45) is 28.9 Å². The normalized spacial score (nSPS) is 57.0. The van der Waals surface area contributed by atoms with Gasteiger partial charge in [0.2, 0.25) is 0 Å².